The van der Waals surface area contributed by atoms with E-state index in [0.29, 0.717) is 39.3 Å². The molecule has 2 aliphatic rings. The summed E-state index contributed by atoms with van der Waals surface area (Å²) >= 11 is 0. The molecular weight excluding hydrogens is 456 g/mol. The molecule has 194 valence electrons. The van der Waals surface area contributed by atoms with Crippen LogP contribution < -0.4 is 14.8 Å². The van der Waals surface area contributed by atoms with Gasteiger partial charge in [-0.05, 0) is 50.4 Å². The summed E-state index contributed by atoms with van der Waals surface area (Å²) in [5.74, 6) is 1.69. The molecule has 8 heteroatoms. The minimum absolute atomic E-state index is 0.0134. The molecule has 2 aromatic carbocycles. The van der Waals surface area contributed by atoms with Gasteiger partial charge in [-0.2, -0.15) is 0 Å². The molecule has 1 unspecified atom stereocenters. The lowest BCUT2D eigenvalue weighted by Crippen LogP contribution is -2.52. The number of anilines is 1. The molecule has 0 spiro atoms. The number of carbonyl (C=O) groups is 2. The van der Waals surface area contributed by atoms with Crippen molar-refractivity contribution in [2.24, 2.45) is 0 Å². The number of para-hydroxylation sites is 1. The highest BCUT2D eigenvalue weighted by molar-refractivity contribution is 5.93. The number of piperazine rings is 1. The highest BCUT2D eigenvalue weighted by Gasteiger charge is 2.32. The molecule has 36 heavy (non-hydrogen) atoms. The second-order valence-corrected chi connectivity index (χ2v) is 9.71. The number of likely N-dealkylation sites (tertiary alicyclic amines) is 1. The van der Waals surface area contributed by atoms with Gasteiger partial charge < -0.3 is 19.7 Å². The quantitative estimate of drug-likeness (QED) is 0.607. The van der Waals surface area contributed by atoms with E-state index in [1.807, 2.05) is 55.1 Å². The molecule has 0 bridgehead atoms. The molecule has 0 aliphatic carbocycles. The predicted octanol–water partition coefficient (Wildman–Crippen LogP) is 3.24. The van der Waals surface area contributed by atoms with Gasteiger partial charge in [0.1, 0.15) is 11.5 Å². The number of aryl methyl sites for hydroxylation is 2. The molecule has 2 amide bonds. The maximum atomic E-state index is 13.2. The lowest BCUT2D eigenvalue weighted by Gasteiger charge is -2.36. The second-order valence-electron chi connectivity index (χ2n) is 9.71. The van der Waals surface area contributed by atoms with Gasteiger partial charge in [0.15, 0.2) is 0 Å². The van der Waals surface area contributed by atoms with E-state index in [4.69, 9.17) is 9.47 Å². The van der Waals surface area contributed by atoms with Crippen molar-refractivity contribution in [1.82, 2.24) is 14.7 Å². The Balaban J connectivity index is 1.28. The van der Waals surface area contributed by atoms with Gasteiger partial charge in [0.25, 0.3) is 0 Å². The van der Waals surface area contributed by atoms with Gasteiger partial charge in [-0.25, -0.2) is 0 Å². The predicted molar refractivity (Wildman–Crippen MR) is 141 cm³/mol. The Morgan fingerprint density at radius 2 is 1.67 bits per heavy atom. The number of amides is 2. The van der Waals surface area contributed by atoms with E-state index < -0.39 is 0 Å². The van der Waals surface area contributed by atoms with Crippen LogP contribution in [0.2, 0.25) is 0 Å². The van der Waals surface area contributed by atoms with Gasteiger partial charge >= 0.3 is 0 Å². The van der Waals surface area contributed by atoms with E-state index in [-0.39, 0.29) is 17.9 Å². The number of nitrogens with one attached hydrogen (secondary N) is 1. The zero-order chi connectivity index (χ0) is 25.7. The lowest BCUT2D eigenvalue weighted by atomic mass is 10.0. The average molecular weight is 495 g/mol. The molecule has 2 fully saturated rings. The molecule has 1 N–H and O–H groups in total. The Bertz CT molecular complexity index is 1060. The molecular formula is C28H38N4O4. The minimum Gasteiger partial charge on any atom is -0.497 e. The molecule has 8 nitrogen and oxygen atoms in total. The average Bonchev–Trinajstić information content (AvgIpc) is 3.34. The normalized spacial score (nSPS) is 18.8. The van der Waals surface area contributed by atoms with Crippen LogP contribution in [-0.2, 0) is 9.59 Å². The number of hydrogen-bond donors (Lipinski definition) is 1. The zero-order valence-electron chi connectivity index (χ0n) is 21.9. The van der Waals surface area contributed by atoms with Crippen molar-refractivity contribution in [3.05, 3.63) is 53.1 Å². The monoisotopic (exact) mass is 494 g/mol. The third-order valence-corrected chi connectivity index (χ3v) is 7.34. The minimum atomic E-state index is -0.0134. The Labute approximate surface area is 214 Å². The smallest absolute Gasteiger partial charge is 0.238 e. The number of benzene rings is 2. The Kier molecular flexibility index (Phi) is 8.48. The van der Waals surface area contributed by atoms with Crippen LogP contribution in [0.25, 0.3) is 0 Å². The second kappa shape index (κ2) is 11.8. The van der Waals surface area contributed by atoms with E-state index in [1.165, 1.54) is 0 Å². The Morgan fingerprint density at radius 1 is 0.944 bits per heavy atom. The van der Waals surface area contributed by atoms with Crippen molar-refractivity contribution < 1.29 is 19.1 Å². The molecule has 2 aromatic rings. The third-order valence-electron chi connectivity index (χ3n) is 7.34. The summed E-state index contributed by atoms with van der Waals surface area (Å²) < 4.78 is 11.0. The SMILES string of the molecule is COc1ccc(C2CCCN2CC(=O)N2CCN(CC(=O)Nc3c(C)cccc3C)CC2)c(OC)c1. The summed E-state index contributed by atoms with van der Waals surface area (Å²) in [5.41, 5.74) is 4.12. The van der Waals surface area contributed by atoms with Gasteiger partial charge in [-0.3, -0.25) is 19.4 Å². The van der Waals surface area contributed by atoms with Crippen molar-refractivity contribution >= 4 is 17.5 Å². The molecule has 0 radical (unpaired) electrons. The Hall–Kier alpha value is -3.10. The van der Waals surface area contributed by atoms with Crippen LogP contribution in [-0.4, -0.2) is 86.5 Å². The van der Waals surface area contributed by atoms with Crippen molar-refractivity contribution in [3.8, 4) is 11.5 Å². The zero-order valence-corrected chi connectivity index (χ0v) is 21.9. The summed E-state index contributed by atoms with van der Waals surface area (Å²) in [6.45, 7) is 8.30. The standard InChI is InChI=1S/C28H38N4O4/c1-20-7-5-8-21(2)28(20)29-26(33)18-30-13-15-31(16-14-30)27(34)19-32-12-6-9-24(32)23-11-10-22(35-3)17-25(23)36-4/h5,7-8,10-11,17,24H,6,9,12-16,18-19H2,1-4H3,(H,29,33). The third kappa shape index (κ3) is 5.99. The van der Waals surface area contributed by atoms with Crippen LogP contribution in [0.3, 0.4) is 0 Å². The van der Waals surface area contributed by atoms with Crippen molar-refractivity contribution in [2.45, 2.75) is 32.7 Å². The largest absolute Gasteiger partial charge is 0.497 e. The van der Waals surface area contributed by atoms with Crippen LogP contribution in [0.1, 0.15) is 35.6 Å². The van der Waals surface area contributed by atoms with Gasteiger partial charge in [-0.1, -0.05) is 24.3 Å². The van der Waals surface area contributed by atoms with Crippen LogP contribution in [0.4, 0.5) is 5.69 Å². The van der Waals surface area contributed by atoms with Gasteiger partial charge in [-0.15, -0.1) is 0 Å². The highest BCUT2D eigenvalue weighted by atomic mass is 16.5. The van der Waals surface area contributed by atoms with Gasteiger partial charge in [0.05, 0.1) is 27.3 Å². The molecule has 2 saturated heterocycles. The number of hydrogen-bond acceptors (Lipinski definition) is 6. The first-order valence-corrected chi connectivity index (χ1v) is 12.7. The first kappa shape index (κ1) is 26.0. The van der Waals surface area contributed by atoms with Gasteiger partial charge in [0, 0.05) is 49.5 Å². The highest BCUT2D eigenvalue weighted by Crippen LogP contribution is 2.38. The van der Waals surface area contributed by atoms with Gasteiger partial charge in [0.2, 0.25) is 11.8 Å². The fraction of sp³-hybridized carbons (Fsp3) is 0.500. The molecule has 2 aliphatic heterocycles. The number of rotatable bonds is 8. The topological polar surface area (TPSA) is 74.4 Å². The van der Waals surface area contributed by atoms with E-state index in [2.05, 4.69) is 15.1 Å². The van der Waals surface area contributed by atoms with E-state index in [1.54, 1.807) is 14.2 Å². The summed E-state index contributed by atoms with van der Waals surface area (Å²) in [6.07, 6.45) is 2.05. The Morgan fingerprint density at radius 3 is 2.33 bits per heavy atom. The summed E-state index contributed by atoms with van der Waals surface area (Å²) in [5, 5.41) is 3.06. The van der Waals surface area contributed by atoms with Crippen LogP contribution in [0.15, 0.2) is 36.4 Å². The summed E-state index contributed by atoms with van der Waals surface area (Å²) in [7, 11) is 3.32. The molecule has 2 heterocycles. The fourth-order valence-electron chi connectivity index (χ4n) is 5.28. The number of ether oxygens (including phenoxy) is 2. The number of methoxy groups -OCH3 is 2. The van der Waals surface area contributed by atoms with Crippen LogP contribution in [0.5, 0.6) is 11.5 Å². The first-order chi connectivity index (χ1) is 17.4. The number of nitrogens with zero attached hydrogens (tertiary/aromatic N) is 3. The van der Waals surface area contributed by atoms with Crippen molar-refractivity contribution in [1.29, 1.82) is 0 Å². The van der Waals surface area contributed by atoms with Crippen LogP contribution in [0, 0.1) is 13.8 Å². The lowest BCUT2D eigenvalue weighted by molar-refractivity contribution is -0.134. The van der Waals surface area contributed by atoms with Crippen LogP contribution >= 0.6 is 0 Å². The summed E-state index contributed by atoms with van der Waals surface area (Å²) in [6, 6.07) is 12.1. The van der Waals surface area contributed by atoms with Crippen molar-refractivity contribution in [3.63, 3.8) is 0 Å². The molecule has 4 rings (SSSR count). The first-order valence-electron chi connectivity index (χ1n) is 12.7. The molecule has 1 atom stereocenters. The number of carbonyl (C=O) groups excluding carboxylic acids is 2. The molecule has 0 aromatic heterocycles. The maximum Gasteiger partial charge on any atom is 0.238 e. The maximum absolute atomic E-state index is 13.2. The summed E-state index contributed by atoms with van der Waals surface area (Å²) in [4.78, 5) is 32.1. The van der Waals surface area contributed by atoms with Crippen molar-refractivity contribution in [2.75, 3.05) is 65.3 Å². The molecule has 0 saturated carbocycles. The van der Waals surface area contributed by atoms with E-state index in [9.17, 15) is 9.59 Å². The van der Waals surface area contributed by atoms with E-state index in [0.717, 1.165) is 53.3 Å². The fourth-order valence-corrected chi connectivity index (χ4v) is 5.28. The van der Waals surface area contributed by atoms with E-state index >= 15 is 0 Å².